The van der Waals surface area contributed by atoms with Gasteiger partial charge in [-0.25, -0.2) is 13.7 Å². The Morgan fingerprint density at radius 3 is 0.615 bits per heavy atom. The van der Waals surface area contributed by atoms with E-state index in [1.807, 2.05) is 0 Å². The fourth-order valence-electron chi connectivity index (χ4n) is 6.87. The topological polar surface area (TPSA) is 509 Å². The lowest BCUT2D eigenvalue weighted by Crippen LogP contribution is -1.91. The van der Waals surface area contributed by atoms with E-state index in [1.165, 1.54) is 161 Å². The van der Waals surface area contributed by atoms with Crippen LogP contribution in [-0.4, -0.2) is 100 Å². The van der Waals surface area contributed by atoms with Crippen molar-refractivity contribution in [1.82, 2.24) is 75.9 Å². The van der Waals surface area contributed by atoms with E-state index in [0.29, 0.717) is 29.7 Å². The molecule has 30 nitrogen and oxygen atoms in total. The Labute approximate surface area is 459 Å². The number of nitrogens with two attached hydrogens (primary N) is 5. The van der Waals surface area contributed by atoms with Gasteiger partial charge in [0.25, 0.3) is 0 Å². The number of hydrogen-bond donors (Lipinski definition) is 15. The maximum Gasteiger partial charge on any atom is 0.490 e. The van der Waals surface area contributed by atoms with Crippen molar-refractivity contribution < 1.29 is 46.8 Å². The summed E-state index contributed by atoms with van der Waals surface area (Å²) in [5, 5.41) is 32.9. The van der Waals surface area contributed by atoms with Gasteiger partial charge in [-0.2, -0.15) is 33.5 Å². The molecule has 5 heterocycles. The van der Waals surface area contributed by atoms with E-state index in [4.69, 9.17) is 53.1 Å². The molecule has 78 heavy (non-hydrogen) atoms. The predicted molar refractivity (Wildman–Crippen MR) is 302 cm³/mol. The molecule has 0 bridgehead atoms. The van der Waals surface area contributed by atoms with Gasteiger partial charge in [0, 0.05) is 32.1 Å². The summed E-state index contributed by atoms with van der Waals surface area (Å²) in [6.45, 7) is 11.1. The molecule has 0 radical (unpaired) electrons. The summed E-state index contributed by atoms with van der Waals surface area (Å²) in [5.41, 5.74) is 26.9. The molecule has 5 aromatic rings. The maximum absolute atomic E-state index is 10.4. The van der Waals surface area contributed by atoms with E-state index in [9.17, 15) is 13.7 Å². The number of rotatable bonds is 34. The fraction of sp³-hybridized carbons (Fsp3) is 0.778. The molecule has 5 aromatic heterocycles. The van der Waals surface area contributed by atoms with Crippen molar-refractivity contribution in [2.24, 2.45) is 0 Å². The Kier molecular flexibility index (Phi) is 42.1. The maximum atomic E-state index is 10.4. The Hall–Kier alpha value is -4.89. The number of nitrogen functional groups attached to an aromatic ring is 5. The number of hydrogen-bond acceptors (Lipinski definition) is 20. The smallest absolute Gasteiger partial charge is 0.367 e. The Morgan fingerprint density at radius 1 is 0.321 bits per heavy atom. The fourth-order valence-corrected chi connectivity index (χ4v) is 9.41. The highest BCUT2D eigenvalue weighted by atomic mass is 31.3. The zero-order chi connectivity index (χ0) is 58.5. The van der Waals surface area contributed by atoms with Crippen LogP contribution in [0.4, 0.5) is 29.7 Å². The number of aryl methyl sites for hydroxylation is 5. The standard InChI is InChI=1S/5C9H18N4.H5O10P3/c5*1-2-3-4-5-6-7-8-11-9(10)13-12-8;1-11(2,3)9-13(7,8)10-12(4,5)6/h5*2-7H2,1H3,(H3,10,11,12,13);(H,7,8)(H2,1,2,3)(H2,4,5,6). The van der Waals surface area contributed by atoms with Crippen LogP contribution in [0.15, 0.2) is 0 Å². The SMILES string of the molecule is CCCCCCCc1nc(N)n[nH]1.CCCCCCCc1nc(N)n[nH]1.CCCCCCCc1nc(N)n[nH]1.CCCCCCCc1nc(N)n[nH]1.CCCCCCCc1nc(N)n[nH]1.O=P(O)(O)OP(=O)(O)OP(=O)(O)O. The summed E-state index contributed by atoms with van der Waals surface area (Å²) in [6, 6.07) is 0. The van der Waals surface area contributed by atoms with Gasteiger partial charge in [-0.05, 0) is 32.1 Å². The number of phosphoric acid groups is 3. The Balaban J connectivity index is 0.000000912. The van der Waals surface area contributed by atoms with Crippen molar-refractivity contribution in [3.05, 3.63) is 29.1 Å². The van der Waals surface area contributed by atoms with E-state index in [2.05, 4.69) is 119 Å². The van der Waals surface area contributed by atoms with E-state index < -0.39 is 23.5 Å². The minimum Gasteiger partial charge on any atom is -0.367 e. The minimum absolute atomic E-state index is 0.351. The monoisotopic (exact) mass is 1170 g/mol. The van der Waals surface area contributed by atoms with Crippen LogP contribution in [0.1, 0.15) is 224 Å². The number of H-pyrrole nitrogens is 5. The molecule has 0 saturated heterocycles. The van der Waals surface area contributed by atoms with Crippen LogP contribution in [0, 0.1) is 0 Å². The van der Waals surface area contributed by atoms with Crippen molar-refractivity contribution in [3.63, 3.8) is 0 Å². The Bertz CT molecular complexity index is 2000. The Morgan fingerprint density at radius 2 is 0.487 bits per heavy atom. The third kappa shape index (κ3) is 46.1. The number of aromatic amines is 5. The van der Waals surface area contributed by atoms with Crippen LogP contribution in [0.25, 0.3) is 0 Å². The molecule has 0 aliphatic carbocycles. The average molecular weight is 1170 g/mol. The van der Waals surface area contributed by atoms with Gasteiger partial charge in [0.05, 0.1) is 0 Å². The molecule has 5 rings (SSSR count). The molecular formula is C45H95N20O10P3. The molecule has 0 spiro atoms. The van der Waals surface area contributed by atoms with E-state index in [-0.39, 0.29) is 0 Å². The van der Waals surface area contributed by atoms with Crippen LogP contribution in [-0.2, 0) is 54.4 Å². The predicted octanol–water partition coefficient (Wildman–Crippen LogP) is 8.80. The third-order valence-corrected chi connectivity index (χ3v) is 14.1. The first kappa shape index (κ1) is 73.1. The van der Waals surface area contributed by atoms with Crippen molar-refractivity contribution in [3.8, 4) is 0 Å². The molecule has 20 N–H and O–H groups in total. The van der Waals surface area contributed by atoms with Gasteiger partial charge in [-0.15, -0.1) is 25.5 Å². The second-order valence-electron chi connectivity index (χ2n) is 18.1. The van der Waals surface area contributed by atoms with Crippen LogP contribution in [0.2, 0.25) is 0 Å². The zero-order valence-electron chi connectivity index (χ0n) is 46.7. The van der Waals surface area contributed by atoms with E-state index >= 15 is 0 Å². The lowest BCUT2D eigenvalue weighted by molar-refractivity contribution is 0.204. The zero-order valence-corrected chi connectivity index (χ0v) is 49.4. The summed E-state index contributed by atoms with van der Waals surface area (Å²) in [6.07, 6.45) is 36.8. The highest BCUT2D eigenvalue weighted by Crippen LogP contribution is 2.64. The first-order valence-corrected chi connectivity index (χ1v) is 31.8. The lowest BCUT2D eigenvalue weighted by atomic mass is 10.1. The quantitative estimate of drug-likeness (QED) is 0.0135. The summed E-state index contributed by atoms with van der Waals surface area (Å²) < 4.78 is 36.4. The molecule has 0 aromatic carbocycles. The molecule has 0 aliphatic rings. The van der Waals surface area contributed by atoms with Gasteiger partial charge < -0.3 is 53.1 Å². The van der Waals surface area contributed by atoms with Crippen molar-refractivity contribution >= 4 is 53.2 Å². The largest absolute Gasteiger partial charge is 0.490 e. The van der Waals surface area contributed by atoms with Crippen LogP contribution < -0.4 is 28.7 Å². The second kappa shape index (κ2) is 44.9. The molecule has 0 aliphatic heterocycles. The van der Waals surface area contributed by atoms with Gasteiger partial charge in [0.2, 0.25) is 29.7 Å². The normalized spacial score (nSPS) is 11.2. The van der Waals surface area contributed by atoms with Gasteiger partial charge >= 0.3 is 23.5 Å². The van der Waals surface area contributed by atoms with Gasteiger partial charge in [0.1, 0.15) is 29.1 Å². The number of aromatic nitrogens is 15. The summed E-state index contributed by atoms with van der Waals surface area (Å²) in [7, 11) is -16.2. The first-order valence-electron chi connectivity index (χ1n) is 27.2. The summed E-state index contributed by atoms with van der Waals surface area (Å²) >= 11 is 0. The summed E-state index contributed by atoms with van der Waals surface area (Å²) in [4.78, 5) is 60.4. The van der Waals surface area contributed by atoms with E-state index in [0.717, 1.165) is 61.2 Å². The number of unbranched alkanes of at least 4 members (excludes halogenated alkanes) is 20. The average Bonchev–Trinajstić information content (AvgIpc) is 4.23. The van der Waals surface area contributed by atoms with Gasteiger partial charge in [-0.3, -0.25) is 25.5 Å². The van der Waals surface area contributed by atoms with Crippen molar-refractivity contribution in [2.45, 2.75) is 227 Å². The van der Waals surface area contributed by atoms with Crippen molar-refractivity contribution in [1.29, 1.82) is 0 Å². The molecule has 0 saturated carbocycles. The number of anilines is 5. The molecule has 0 unspecified atom stereocenters. The molecule has 0 fully saturated rings. The first-order chi connectivity index (χ1) is 37.0. The van der Waals surface area contributed by atoms with Crippen LogP contribution >= 0.6 is 23.5 Å². The van der Waals surface area contributed by atoms with Gasteiger partial charge in [-0.1, -0.05) is 163 Å². The highest BCUT2D eigenvalue weighted by molar-refractivity contribution is 7.66. The van der Waals surface area contributed by atoms with Crippen LogP contribution in [0.3, 0.4) is 0 Å². The summed E-state index contributed by atoms with van der Waals surface area (Å²) in [5.74, 6) is 6.31. The van der Waals surface area contributed by atoms with E-state index in [1.54, 1.807) is 0 Å². The third-order valence-electron chi connectivity index (χ3n) is 10.7. The minimum atomic E-state index is -5.46. The molecular weight excluding hydrogens is 1070 g/mol. The van der Waals surface area contributed by atoms with Crippen molar-refractivity contribution in [2.75, 3.05) is 28.7 Å². The molecule has 0 amide bonds. The second-order valence-corrected chi connectivity index (χ2v) is 22.3. The van der Waals surface area contributed by atoms with Gasteiger partial charge in [0.15, 0.2) is 0 Å². The number of nitrogens with zero attached hydrogens (tertiary/aromatic N) is 10. The van der Waals surface area contributed by atoms with Crippen LogP contribution in [0.5, 0.6) is 0 Å². The number of nitrogens with one attached hydrogen (secondary N) is 5. The highest BCUT2D eigenvalue weighted by Gasteiger charge is 2.38. The molecule has 450 valence electrons. The molecule has 33 heteroatoms. The lowest BCUT2D eigenvalue weighted by Gasteiger charge is -2.11. The molecule has 0 atom stereocenters.